The molecular formula is C9H5F6NO2. The number of hydrogen-bond acceptors (Lipinski definition) is 3. The van der Waals surface area contributed by atoms with Gasteiger partial charge >= 0.3 is 12.1 Å². The van der Waals surface area contributed by atoms with E-state index in [1.807, 2.05) is 0 Å². The molecule has 9 heteroatoms. The minimum Gasteiger partial charge on any atom is -0.464 e. The summed E-state index contributed by atoms with van der Waals surface area (Å²) >= 11 is 0. The van der Waals surface area contributed by atoms with Crippen LogP contribution in [0.2, 0.25) is 0 Å². The predicted molar refractivity (Wildman–Crippen MR) is 45.5 cm³/mol. The maximum atomic E-state index is 13.3. The van der Waals surface area contributed by atoms with Crippen LogP contribution in [0, 0.1) is 5.82 Å². The summed E-state index contributed by atoms with van der Waals surface area (Å²) < 4.78 is 79.3. The molecule has 0 unspecified atom stereocenters. The Kier molecular flexibility index (Phi) is 3.82. The van der Waals surface area contributed by atoms with Gasteiger partial charge in [-0.25, -0.2) is 22.9 Å². The lowest BCUT2D eigenvalue weighted by molar-refractivity contribution is -0.141. The number of ether oxygens (including phenoxy) is 1. The molecule has 3 nitrogen and oxygen atoms in total. The molecule has 1 aromatic rings. The van der Waals surface area contributed by atoms with Gasteiger partial charge in [0.05, 0.1) is 12.7 Å². The molecule has 100 valence electrons. The van der Waals surface area contributed by atoms with Gasteiger partial charge in [-0.05, 0) is 0 Å². The fourth-order valence-electron chi connectivity index (χ4n) is 1.17. The van der Waals surface area contributed by atoms with Gasteiger partial charge in [0.2, 0.25) is 0 Å². The Morgan fingerprint density at radius 3 is 2.33 bits per heavy atom. The molecule has 0 saturated carbocycles. The first kappa shape index (κ1) is 14.3. The van der Waals surface area contributed by atoms with Crippen LogP contribution < -0.4 is 0 Å². The van der Waals surface area contributed by atoms with Crippen LogP contribution in [-0.4, -0.2) is 18.1 Å². The number of alkyl halides is 5. The highest BCUT2D eigenvalue weighted by Gasteiger charge is 2.42. The van der Waals surface area contributed by atoms with Crippen molar-refractivity contribution in [2.24, 2.45) is 0 Å². The lowest BCUT2D eigenvalue weighted by Gasteiger charge is -2.13. The fraction of sp³-hybridized carbons (Fsp3) is 0.333. The number of halogens is 6. The fourth-order valence-corrected chi connectivity index (χ4v) is 1.17. The van der Waals surface area contributed by atoms with Crippen molar-refractivity contribution in [3.8, 4) is 0 Å². The van der Waals surface area contributed by atoms with Crippen LogP contribution in [0.4, 0.5) is 26.3 Å². The Morgan fingerprint density at radius 1 is 1.39 bits per heavy atom. The molecule has 0 spiro atoms. The van der Waals surface area contributed by atoms with Crippen molar-refractivity contribution < 1.29 is 35.9 Å². The number of pyridine rings is 1. The predicted octanol–water partition coefficient (Wildman–Crippen LogP) is 2.96. The second-order valence-electron chi connectivity index (χ2n) is 3.04. The lowest BCUT2D eigenvalue weighted by Crippen LogP contribution is -2.20. The van der Waals surface area contributed by atoms with Crippen molar-refractivity contribution in [3.05, 3.63) is 28.8 Å². The second kappa shape index (κ2) is 4.83. The highest BCUT2D eigenvalue weighted by molar-refractivity contribution is 5.89. The molecule has 0 amide bonds. The minimum absolute atomic E-state index is 0.168. The van der Waals surface area contributed by atoms with E-state index < -0.39 is 41.2 Å². The van der Waals surface area contributed by atoms with Crippen molar-refractivity contribution >= 4 is 5.97 Å². The SMILES string of the molecule is COC(=O)c1ncc(C(F)F)c(F)c1C(F)(F)F. The average Bonchev–Trinajstić information content (AvgIpc) is 2.25. The molecule has 0 aliphatic rings. The maximum Gasteiger partial charge on any atom is 0.421 e. The van der Waals surface area contributed by atoms with Gasteiger partial charge in [-0.3, -0.25) is 0 Å². The minimum atomic E-state index is -5.34. The van der Waals surface area contributed by atoms with Gasteiger partial charge in [-0.2, -0.15) is 13.2 Å². The molecule has 1 rings (SSSR count). The smallest absolute Gasteiger partial charge is 0.421 e. The Labute approximate surface area is 96.4 Å². The van der Waals surface area contributed by atoms with E-state index in [4.69, 9.17) is 0 Å². The molecule has 0 atom stereocenters. The van der Waals surface area contributed by atoms with Crippen LogP contribution in [0.1, 0.15) is 28.0 Å². The van der Waals surface area contributed by atoms with Crippen LogP contribution in [0.25, 0.3) is 0 Å². The van der Waals surface area contributed by atoms with Crippen LogP contribution in [0.15, 0.2) is 6.20 Å². The summed E-state index contributed by atoms with van der Waals surface area (Å²) in [6, 6.07) is 0. The molecule has 1 aromatic heterocycles. The van der Waals surface area contributed by atoms with Gasteiger partial charge in [-0.15, -0.1) is 0 Å². The van der Waals surface area contributed by atoms with Crippen LogP contribution in [0.5, 0.6) is 0 Å². The summed E-state index contributed by atoms with van der Waals surface area (Å²) in [7, 11) is 0.753. The molecule has 18 heavy (non-hydrogen) atoms. The maximum absolute atomic E-state index is 13.3. The molecular weight excluding hydrogens is 268 g/mol. The van der Waals surface area contributed by atoms with E-state index in [0.29, 0.717) is 0 Å². The first-order valence-corrected chi connectivity index (χ1v) is 4.32. The van der Waals surface area contributed by atoms with Crippen molar-refractivity contribution in [1.29, 1.82) is 0 Å². The summed E-state index contributed by atoms with van der Waals surface area (Å²) in [5.41, 5.74) is -5.09. The monoisotopic (exact) mass is 273 g/mol. The molecule has 0 aliphatic carbocycles. The summed E-state index contributed by atoms with van der Waals surface area (Å²) in [5.74, 6) is -3.80. The standard InChI is InChI=1S/C9H5F6NO2/c1-18-8(17)6-4(9(13,14)15)5(10)3(2-16-6)7(11)12/h2,7H,1H3. The summed E-state index contributed by atoms with van der Waals surface area (Å²) in [5, 5.41) is 0. The molecule has 0 saturated heterocycles. The van der Waals surface area contributed by atoms with Crippen LogP contribution in [-0.2, 0) is 10.9 Å². The molecule has 1 heterocycles. The van der Waals surface area contributed by atoms with E-state index in [0.717, 1.165) is 7.11 Å². The Bertz CT molecular complexity index is 471. The van der Waals surface area contributed by atoms with Crippen molar-refractivity contribution in [2.45, 2.75) is 12.6 Å². The Hall–Kier alpha value is -1.80. The van der Waals surface area contributed by atoms with Crippen molar-refractivity contribution in [1.82, 2.24) is 4.98 Å². The van der Waals surface area contributed by atoms with Crippen molar-refractivity contribution in [2.75, 3.05) is 7.11 Å². The number of carbonyl (C=O) groups excluding carboxylic acids is 1. The largest absolute Gasteiger partial charge is 0.464 e. The number of methoxy groups -OCH3 is 1. The van der Waals surface area contributed by atoms with Gasteiger partial charge in [0.15, 0.2) is 5.69 Å². The number of nitrogens with zero attached hydrogens (tertiary/aromatic N) is 1. The quantitative estimate of drug-likeness (QED) is 0.614. The summed E-state index contributed by atoms with van der Waals surface area (Å²) in [6.45, 7) is 0. The third-order valence-corrected chi connectivity index (χ3v) is 1.94. The van der Waals surface area contributed by atoms with Gasteiger partial charge in [0.1, 0.15) is 11.4 Å². The summed E-state index contributed by atoms with van der Waals surface area (Å²) in [6.07, 6.45) is -8.65. The molecule has 0 fully saturated rings. The molecule has 0 aliphatic heterocycles. The highest BCUT2D eigenvalue weighted by Crippen LogP contribution is 2.36. The number of carbonyl (C=O) groups is 1. The zero-order valence-electron chi connectivity index (χ0n) is 8.69. The average molecular weight is 273 g/mol. The molecule has 0 bridgehead atoms. The molecule has 0 aromatic carbocycles. The van der Waals surface area contributed by atoms with E-state index in [1.54, 1.807) is 0 Å². The first-order chi connectivity index (χ1) is 8.20. The Balaban J connectivity index is 3.57. The van der Waals surface area contributed by atoms with E-state index >= 15 is 0 Å². The summed E-state index contributed by atoms with van der Waals surface area (Å²) in [4.78, 5) is 13.9. The molecule has 0 N–H and O–H groups in total. The third kappa shape index (κ3) is 2.54. The lowest BCUT2D eigenvalue weighted by atomic mass is 10.1. The normalized spacial score (nSPS) is 11.8. The molecule has 0 radical (unpaired) electrons. The number of hydrogen-bond donors (Lipinski definition) is 0. The van der Waals surface area contributed by atoms with E-state index in [2.05, 4.69) is 9.72 Å². The van der Waals surface area contributed by atoms with Gasteiger partial charge in [0.25, 0.3) is 6.43 Å². The van der Waals surface area contributed by atoms with Gasteiger partial charge in [-0.1, -0.05) is 0 Å². The highest BCUT2D eigenvalue weighted by atomic mass is 19.4. The third-order valence-electron chi connectivity index (χ3n) is 1.94. The zero-order valence-corrected chi connectivity index (χ0v) is 8.69. The van der Waals surface area contributed by atoms with Crippen molar-refractivity contribution in [3.63, 3.8) is 0 Å². The van der Waals surface area contributed by atoms with E-state index in [-0.39, 0.29) is 6.20 Å². The van der Waals surface area contributed by atoms with Gasteiger partial charge < -0.3 is 4.74 Å². The van der Waals surface area contributed by atoms with E-state index in [1.165, 1.54) is 0 Å². The number of aromatic nitrogens is 1. The Morgan fingerprint density at radius 2 is 1.94 bits per heavy atom. The van der Waals surface area contributed by atoms with E-state index in [9.17, 15) is 31.1 Å². The van der Waals surface area contributed by atoms with Crippen LogP contribution >= 0.6 is 0 Å². The first-order valence-electron chi connectivity index (χ1n) is 4.32. The number of esters is 1. The van der Waals surface area contributed by atoms with Gasteiger partial charge in [0, 0.05) is 6.20 Å². The number of rotatable bonds is 2. The van der Waals surface area contributed by atoms with Crippen LogP contribution in [0.3, 0.4) is 0 Å². The topological polar surface area (TPSA) is 39.2 Å². The second-order valence-corrected chi connectivity index (χ2v) is 3.04. The zero-order chi connectivity index (χ0) is 14.1.